The van der Waals surface area contributed by atoms with Crippen LogP contribution in [-0.2, 0) is 33.4 Å². The van der Waals surface area contributed by atoms with Gasteiger partial charge in [0.15, 0.2) is 48.5 Å². The highest BCUT2D eigenvalue weighted by Gasteiger charge is 2.57. The van der Waals surface area contributed by atoms with Gasteiger partial charge in [-0.05, 0) is 6.92 Å². The number of carbonyl (C=O) groups is 4. The number of Topliss-reactive ketones (excluding diaryl/α,β-unsaturated/α-hetero) is 1. The predicted molar refractivity (Wildman–Crippen MR) is 64.3 cm³/mol. The Morgan fingerprint density at radius 1 is 0.870 bits per heavy atom. The molecule has 0 bridgehead atoms. The quantitative estimate of drug-likeness (QED) is 0.284. The highest BCUT2D eigenvalue weighted by molar-refractivity contribution is 5.87. The molecule has 3 aliphatic rings. The molecule has 128 valence electrons. The van der Waals surface area contributed by atoms with Gasteiger partial charge in [0.1, 0.15) is 0 Å². The van der Waals surface area contributed by atoms with Gasteiger partial charge in [-0.1, -0.05) is 0 Å². The van der Waals surface area contributed by atoms with Crippen molar-refractivity contribution in [1.82, 2.24) is 0 Å². The second-order valence-electron chi connectivity index (χ2n) is 5.09. The van der Waals surface area contributed by atoms with E-state index in [1.54, 1.807) is 0 Å². The molecule has 11 heteroatoms. The molecular formula is C12H14O11. The molecule has 0 aliphatic carbocycles. The van der Waals surface area contributed by atoms with Gasteiger partial charge in [-0.3, -0.25) is 4.79 Å². The van der Waals surface area contributed by atoms with Crippen LogP contribution in [0.4, 0.5) is 0 Å². The number of hydrogen-bond acceptors (Lipinski definition) is 11. The number of esters is 3. The van der Waals surface area contributed by atoms with Crippen LogP contribution < -0.4 is 0 Å². The molecule has 4 N–H and O–H groups in total. The summed E-state index contributed by atoms with van der Waals surface area (Å²) in [6.07, 6.45) is -8.83. The first-order valence-corrected chi connectivity index (χ1v) is 6.49. The minimum atomic E-state index is -1.46. The van der Waals surface area contributed by atoms with Gasteiger partial charge in [0, 0.05) is 0 Å². The maximum atomic E-state index is 10.7. The molecule has 0 radical (unpaired) electrons. The zero-order valence-corrected chi connectivity index (χ0v) is 11.7. The summed E-state index contributed by atoms with van der Waals surface area (Å²) in [5, 5.41) is 35.8. The predicted octanol–water partition coefficient (Wildman–Crippen LogP) is -4.22. The summed E-state index contributed by atoms with van der Waals surface area (Å²) in [7, 11) is 0. The smallest absolute Gasteiger partial charge is 0.339 e. The Labute approximate surface area is 128 Å². The number of aliphatic hydroxyl groups is 4. The minimum absolute atomic E-state index is 0.526. The van der Waals surface area contributed by atoms with Crippen LogP contribution >= 0.6 is 0 Å². The van der Waals surface area contributed by atoms with Crippen molar-refractivity contribution in [3.63, 3.8) is 0 Å². The highest BCUT2D eigenvalue weighted by Crippen LogP contribution is 2.28. The Kier molecular flexibility index (Phi) is 4.66. The van der Waals surface area contributed by atoms with Crippen molar-refractivity contribution in [2.24, 2.45) is 0 Å². The Morgan fingerprint density at radius 2 is 1.26 bits per heavy atom. The second kappa shape index (κ2) is 6.20. The van der Waals surface area contributed by atoms with Crippen LogP contribution in [0.1, 0.15) is 6.92 Å². The van der Waals surface area contributed by atoms with Crippen LogP contribution in [0.5, 0.6) is 0 Å². The Morgan fingerprint density at radius 3 is 1.57 bits per heavy atom. The molecule has 3 rings (SSSR count). The van der Waals surface area contributed by atoms with Crippen molar-refractivity contribution in [1.29, 1.82) is 0 Å². The van der Waals surface area contributed by atoms with Crippen molar-refractivity contribution in [3.05, 3.63) is 0 Å². The zero-order chi connectivity index (χ0) is 17.5. The van der Waals surface area contributed by atoms with E-state index in [-0.39, 0.29) is 0 Å². The number of fused-ring (bicyclic) bond motifs is 1. The van der Waals surface area contributed by atoms with Gasteiger partial charge < -0.3 is 34.6 Å². The summed E-state index contributed by atoms with van der Waals surface area (Å²) in [5.74, 6) is -3.05. The van der Waals surface area contributed by atoms with E-state index >= 15 is 0 Å². The average molecular weight is 334 g/mol. The van der Waals surface area contributed by atoms with Crippen molar-refractivity contribution in [2.75, 3.05) is 0 Å². The second-order valence-corrected chi connectivity index (χ2v) is 5.09. The van der Waals surface area contributed by atoms with E-state index in [1.165, 1.54) is 0 Å². The van der Waals surface area contributed by atoms with Gasteiger partial charge in [-0.25, -0.2) is 14.4 Å². The third-order valence-corrected chi connectivity index (χ3v) is 3.47. The van der Waals surface area contributed by atoms with Crippen LogP contribution in [0, 0.1) is 0 Å². The molecule has 3 saturated heterocycles. The monoisotopic (exact) mass is 334 g/mol. The Hall–Kier alpha value is -2.08. The number of rotatable bonds is 2. The number of ketones is 1. The van der Waals surface area contributed by atoms with E-state index in [9.17, 15) is 19.2 Å². The van der Waals surface area contributed by atoms with Gasteiger partial charge in [0.2, 0.25) is 0 Å². The molecule has 23 heavy (non-hydrogen) atoms. The molecule has 0 aromatic carbocycles. The van der Waals surface area contributed by atoms with Crippen LogP contribution in [0.25, 0.3) is 0 Å². The molecule has 3 fully saturated rings. The number of ether oxygens (including phenoxy) is 3. The average Bonchev–Trinajstić information content (AvgIpc) is 2.94. The molecule has 0 spiro atoms. The summed E-state index contributed by atoms with van der Waals surface area (Å²) in [6, 6.07) is 0. The lowest BCUT2D eigenvalue weighted by Gasteiger charge is -2.33. The van der Waals surface area contributed by atoms with E-state index < -0.39 is 66.4 Å². The zero-order valence-electron chi connectivity index (χ0n) is 11.7. The summed E-state index contributed by atoms with van der Waals surface area (Å²) in [6.45, 7) is 1.16. The van der Waals surface area contributed by atoms with Gasteiger partial charge >= 0.3 is 17.9 Å². The Bertz CT molecular complexity index is 517. The fraction of sp³-hybridized carbons (Fsp3) is 0.667. The first kappa shape index (κ1) is 17.3. The lowest BCUT2D eigenvalue weighted by atomic mass is 10.0. The van der Waals surface area contributed by atoms with Crippen LogP contribution in [0.2, 0.25) is 0 Å². The molecule has 0 amide bonds. The maximum Gasteiger partial charge on any atom is 0.339 e. The molecule has 11 nitrogen and oxygen atoms in total. The third-order valence-electron chi connectivity index (χ3n) is 3.47. The van der Waals surface area contributed by atoms with Gasteiger partial charge in [-0.2, -0.15) is 0 Å². The largest absolute Gasteiger partial charge is 0.454 e. The molecule has 7 atom stereocenters. The standard InChI is InChI=1S/C6H6O6.C6H8O5/c7-1-3-4(12-5(1)9)2(8)6(10)11-3;1-2(7)3(8)5-4(9)6(10)11-5/h1-4,7-8H;3-5,8-9H,1H3. The van der Waals surface area contributed by atoms with E-state index in [0.29, 0.717) is 0 Å². The fourth-order valence-corrected chi connectivity index (χ4v) is 2.10. The van der Waals surface area contributed by atoms with Gasteiger partial charge in [0.05, 0.1) is 0 Å². The van der Waals surface area contributed by atoms with E-state index in [2.05, 4.69) is 14.2 Å². The van der Waals surface area contributed by atoms with Crippen LogP contribution in [-0.4, -0.2) is 86.8 Å². The molecule has 0 saturated carbocycles. The first-order valence-electron chi connectivity index (χ1n) is 6.49. The van der Waals surface area contributed by atoms with Crippen LogP contribution in [0.15, 0.2) is 0 Å². The number of cyclic esters (lactones) is 1. The summed E-state index contributed by atoms with van der Waals surface area (Å²) >= 11 is 0. The van der Waals surface area contributed by atoms with Crippen molar-refractivity contribution in [2.45, 2.75) is 49.7 Å². The van der Waals surface area contributed by atoms with Gasteiger partial charge in [-0.15, -0.1) is 0 Å². The molecule has 0 aromatic rings. The Balaban J connectivity index is 0.000000168. The topological polar surface area (TPSA) is 177 Å². The lowest BCUT2D eigenvalue weighted by molar-refractivity contribution is -0.211. The number of carbonyl (C=O) groups excluding carboxylic acids is 4. The molecule has 0 aromatic heterocycles. The molecular weight excluding hydrogens is 320 g/mol. The summed E-state index contributed by atoms with van der Waals surface area (Å²) in [5.41, 5.74) is 0. The van der Waals surface area contributed by atoms with Gasteiger partial charge in [0.25, 0.3) is 0 Å². The molecule has 7 unspecified atom stereocenters. The van der Waals surface area contributed by atoms with Crippen molar-refractivity contribution < 1.29 is 53.8 Å². The van der Waals surface area contributed by atoms with Crippen molar-refractivity contribution >= 4 is 23.7 Å². The molecule has 3 heterocycles. The minimum Gasteiger partial charge on any atom is -0.454 e. The maximum absolute atomic E-state index is 10.7. The highest BCUT2D eigenvalue weighted by atomic mass is 16.7. The van der Waals surface area contributed by atoms with E-state index in [1.807, 2.05) is 0 Å². The normalized spacial score (nSPS) is 39.1. The molecule has 3 aliphatic heterocycles. The summed E-state index contributed by atoms with van der Waals surface area (Å²) in [4.78, 5) is 42.1. The lowest BCUT2D eigenvalue weighted by Crippen LogP contribution is -2.57. The summed E-state index contributed by atoms with van der Waals surface area (Å²) < 4.78 is 13.3. The number of hydrogen-bond donors (Lipinski definition) is 4. The van der Waals surface area contributed by atoms with E-state index in [4.69, 9.17) is 20.4 Å². The third kappa shape index (κ3) is 3.03. The van der Waals surface area contributed by atoms with Crippen molar-refractivity contribution in [3.8, 4) is 0 Å². The SMILES string of the molecule is CC(=O)C(O)C1OC(=O)C1O.O=C1OC2C(O)C(=O)OC2C1O. The van der Waals surface area contributed by atoms with E-state index in [0.717, 1.165) is 6.92 Å². The number of aliphatic hydroxyl groups excluding tert-OH is 4. The van der Waals surface area contributed by atoms with Crippen LogP contribution in [0.3, 0.4) is 0 Å². The first-order chi connectivity index (χ1) is 10.6. The fourth-order valence-electron chi connectivity index (χ4n) is 2.10.